The molecule has 3 nitrogen and oxygen atoms in total. The summed E-state index contributed by atoms with van der Waals surface area (Å²) in [7, 11) is 0. The van der Waals surface area contributed by atoms with Gasteiger partial charge in [-0.15, -0.1) is 10.2 Å². The van der Waals surface area contributed by atoms with E-state index in [1.165, 1.54) is 38.5 Å². The van der Waals surface area contributed by atoms with E-state index in [9.17, 15) is 0 Å². The second kappa shape index (κ2) is 6.53. The minimum absolute atomic E-state index is 0.206. The van der Waals surface area contributed by atoms with Crippen LogP contribution in [-0.2, 0) is 6.42 Å². The van der Waals surface area contributed by atoms with Crippen molar-refractivity contribution in [3.63, 3.8) is 0 Å². The Labute approximate surface area is 112 Å². The third kappa shape index (κ3) is 3.80. The first kappa shape index (κ1) is 13.1. The largest absolute Gasteiger partial charge is 0.424 e. The second-order valence-corrected chi connectivity index (χ2v) is 6.08. The molecule has 4 heteroatoms. The maximum atomic E-state index is 5.71. The fraction of sp³-hybridized carbons (Fsp3) is 0.846. The highest BCUT2D eigenvalue weighted by Gasteiger charge is 2.18. The van der Waals surface area contributed by atoms with Gasteiger partial charge in [0.05, 0.1) is 4.83 Å². The van der Waals surface area contributed by atoms with Crippen molar-refractivity contribution in [1.82, 2.24) is 10.2 Å². The molecule has 0 saturated heterocycles. The number of halogens is 1. The van der Waals surface area contributed by atoms with Gasteiger partial charge < -0.3 is 4.42 Å². The molecule has 1 aliphatic carbocycles. The van der Waals surface area contributed by atoms with Crippen LogP contribution >= 0.6 is 15.9 Å². The summed E-state index contributed by atoms with van der Waals surface area (Å²) in [4.78, 5) is 0.206. The molecule has 1 atom stereocenters. The van der Waals surface area contributed by atoms with Crippen LogP contribution in [0.1, 0.15) is 68.5 Å². The van der Waals surface area contributed by atoms with Crippen molar-refractivity contribution in [2.75, 3.05) is 0 Å². The molecule has 0 radical (unpaired) electrons. The predicted octanol–water partition coefficient (Wildman–Crippen LogP) is 4.43. The first-order chi connectivity index (χ1) is 8.29. The summed E-state index contributed by atoms with van der Waals surface area (Å²) < 4.78 is 5.71. The molecule has 0 aliphatic heterocycles. The first-order valence-corrected chi connectivity index (χ1v) is 7.67. The monoisotopic (exact) mass is 300 g/mol. The van der Waals surface area contributed by atoms with Gasteiger partial charge in [-0.3, -0.25) is 0 Å². The highest BCUT2D eigenvalue weighted by molar-refractivity contribution is 9.09. The van der Waals surface area contributed by atoms with Crippen molar-refractivity contribution in [1.29, 1.82) is 0 Å². The normalized spacial score (nSPS) is 20.1. The lowest BCUT2D eigenvalue weighted by atomic mass is 9.97. The lowest BCUT2D eigenvalue weighted by Crippen LogP contribution is -2.03. The lowest BCUT2D eigenvalue weighted by Gasteiger charge is -2.10. The third-order valence-electron chi connectivity index (χ3n) is 3.55. The molecular formula is C13H21BrN2O. The van der Waals surface area contributed by atoms with Gasteiger partial charge in [0.15, 0.2) is 0 Å². The predicted molar refractivity (Wildman–Crippen MR) is 71.2 cm³/mol. The van der Waals surface area contributed by atoms with Gasteiger partial charge in [-0.05, 0) is 25.2 Å². The average Bonchev–Trinajstić information content (AvgIpc) is 2.65. The number of hydrogen-bond donors (Lipinski definition) is 0. The van der Waals surface area contributed by atoms with Crippen LogP contribution in [0.3, 0.4) is 0 Å². The summed E-state index contributed by atoms with van der Waals surface area (Å²) in [6.07, 6.45) is 10.1. The number of nitrogens with zero attached hydrogens (tertiary/aromatic N) is 2. The standard InChI is InChI=1S/C13H21BrN2O/c1-2-11(14)13-16-15-12(17-13)9-10-7-5-3-4-6-8-10/h10-11H,2-9H2,1H3. The maximum Gasteiger partial charge on any atom is 0.230 e. The van der Waals surface area contributed by atoms with Crippen LogP contribution in [0.15, 0.2) is 4.42 Å². The molecule has 0 amide bonds. The highest BCUT2D eigenvalue weighted by atomic mass is 79.9. The van der Waals surface area contributed by atoms with Crippen LogP contribution in [0.2, 0.25) is 0 Å². The Balaban J connectivity index is 1.91. The molecule has 17 heavy (non-hydrogen) atoms. The fourth-order valence-corrected chi connectivity index (χ4v) is 2.65. The Hall–Kier alpha value is -0.380. The van der Waals surface area contributed by atoms with Gasteiger partial charge >= 0.3 is 0 Å². The van der Waals surface area contributed by atoms with Gasteiger partial charge in [-0.2, -0.15) is 0 Å². The molecule has 0 bridgehead atoms. The fourth-order valence-electron chi connectivity index (χ4n) is 2.47. The van der Waals surface area contributed by atoms with E-state index in [-0.39, 0.29) is 4.83 Å². The maximum absolute atomic E-state index is 5.71. The van der Waals surface area contributed by atoms with Crippen LogP contribution in [0.25, 0.3) is 0 Å². The van der Waals surface area contributed by atoms with Gasteiger partial charge in [0.25, 0.3) is 0 Å². The second-order valence-electron chi connectivity index (χ2n) is 4.97. The van der Waals surface area contributed by atoms with E-state index < -0.39 is 0 Å². The quantitative estimate of drug-likeness (QED) is 0.610. The Morgan fingerprint density at radius 2 is 1.94 bits per heavy atom. The van der Waals surface area contributed by atoms with Gasteiger partial charge in [-0.25, -0.2) is 0 Å². The molecule has 1 unspecified atom stereocenters. The van der Waals surface area contributed by atoms with E-state index in [4.69, 9.17) is 4.42 Å². The van der Waals surface area contributed by atoms with E-state index in [0.29, 0.717) is 0 Å². The summed E-state index contributed by atoms with van der Waals surface area (Å²) >= 11 is 3.54. The zero-order valence-corrected chi connectivity index (χ0v) is 12.1. The summed E-state index contributed by atoms with van der Waals surface area (Å²) in [6, 6.07) is 0. The topological polar surface area (TPSA) is 38.9 Å². The van der Waals surface area contributed by atoms with E-state index >= 15 is 0 Å². The van der Waals surface area contributed by atoms with Crippen molar-refractivity contribution < 1.29 is 4.42 Å². The molecular weight excluding hydrogens is 280 g/mol. The molecule has 1 aromatic rings. The van der Waals surface area contributed by atoms with E-state index in [2.05, 4.69) is 33.1 Å². The molecule has 0 aromatic carbocycles. The lowest BCUT2D eigenvalue weighted by molar-refractivity contribution is 0.379. The SMILES string of the molecule is CCC(Br)c1nnc(CC2CCCCCC2)o1. The van der Waals surface area contributed by atoms with E-state index in [1.807, 2.05) is 0 Å². The number of alkyl halides is 1. The van der Waals surface area contributed by atoms with Gasteiger partial charge in [0.1, 0.15) is 0 Å². The van der Waals surface area contributed by atoms with Crippen molar-refractivity contribution >= 4 is 15.9 Å². The van der Waals surface area contributed by atoms with Crippen LogP contribution in [0.4, 0.5) is 0 Å². The van der Waals surface area contributed by atoms with Crippen molar-refractivity contribution in [2.24, 2.45) is 5.92 Å². The molecule has 1 aliphatic rings. The summed E-state index contributed by atoms with van der Waals surface area (Å²) in [6.45, 7) is 2.11. The molecule has 0 N–H and O–H groups in total. The van der Waals surface area contributed by atoms with Crippen molar-refractivity contribution in [3.05, 3.63) is 11.8 Å². The van der Waals surface area contributed by atoms with Crippen LogP contribution in [0.5, 0.6) is 0 Å². The highest BCUT2D eigenvalue weighted by Crippen LogP contribution is 2.28. The Morgan fingerprint density at radius 3 is 2.59 bits per heavy atom. The molecule has 1 heterocycles. The van der Waals surface area contributed by atoms with Crippen molar-refractivity contribution in [2.45, 2.75) is 63.1 Å². The smallest absolute Gasteiger partial charge is 0.230 e. The number of aromatic nitrogens is 2. The zero-order valence-electron chi connectivity index (χ0n) is 10.5. The van der Waals surface area contributed by atoms with Gasteiger partial charge in [-0.1, -0.05) is 48.5 Å². The first-order valence-electron chi connectivity index (χ1n) is 6.76. The molecule has 0 spiro atoms. The van der Waals surface area contributed by atoms with Crippen molar-refractivity contribution in [3.8, 4) is 0 Å². The molecule has 1 fully saturated rings. The van der Waals surface area contributed by atoms with E-state index in [0.717, 1.165) is 30.5 Å². The third-order valence-corrected chi connectivity index (χ3v) is 4.59. The molecule has 96 valence electrons. The average molecular weight is 301 g/mol. The molecule has 2 rings (SSSR count). The Bertz CT molecular complexity index is 332. The molecule has 1 saturated carbocycles. The molecule has 1 aromatic heterocycles. The minimum atomic E-state index is 0.206. The summed E-state index contributed by atoms with van der Waals surface area (Å²) in [5.41, 5.74) is 0. The number of hydrogen-bond acceptors (Lipinski definition) is 3. The zero-order chi connectivity index (χ0) is 12.1. The van der Waals surface area contributed by atoms with Crippen LogP contribution in [-0.4, -0.2) is 10.2 Å². The minimum Gasteiger partial charge on any atom is -0.424 e. The Morgan fingerprint density at radius 1 is 1.24 bits per heavy atom. The number of rotatable bonds is 4. The van der Waals surface area contributed by atoms with Crippen LogP contribution in [0, 0.1) is 5.92 Å². The summed E-state index contributed by atoms with van der Waals surface area (Å²) in [5, 5.41) is 8.28. The van der Waals surface area contributed by atoms with Crippen LogP contribution < -0.4 is 0 Å². The van der Waals surface area contributed by atoms with E-state index in [1.54, 1.807) is 0 Å². The van der Waals surface area contributed by atoms with Gasteiger partial charge in [0, 0.05) is 6.42 Å². The summed E-state index contributed by atoms with van der Waals surface area (Å²) in [5.74, 6) is 2.31. The Kier molecular flexibility index (Phi) is 5.01. The van der Waals surface area contributed by atoms with Gasteiger partial charge in [0.2, 0.25) is 11.8 Å².